The molecule has 21 heavy (non-hydrogen) atoms. The van der Waals surface area contributed by atoms with E-state index in [-0.39, 0.29) is 11.8 Å². The maximum Gasteiger partial charge on any atom is 0.223 e. The van der Waals surface area contributed by atoms with Crippen molar-refractivity contribution in [3.8, 4) is 0 Å². The van der Waals surface area contributed by atoms with Crippen LogP contribution in [0.4, 0.5) is 5.69 Å². The topological polar surface area (TPSA) is 41.1 Å². The van der Waals surface area contributed by atoms with Crippen LogP contribution in [0.1, 0.15) is 57.4 Å². The van der Waals surface area contributed by atoms with E-state index < -0.39 is 0 Å². The molecule has 116 valence electrons. The summed E-state index contributed by atoms with van der Waals surface area (Å²) in [6, 6.07) is 8.48. The third kappa shape index (κ3) is 4.23. The normalized spacial score (nSPS) is 16.6. The molecule has 0 aliphatic carbocycles. The molecule has 1 amide bonds. The van der Waals surface area contributed by atoms with Gasteiger partial charge in [0, 0.05) is 30.6 Å². The van der Waals surface area contributed by atoms with Crippen LogP contribution in [-0.2, 0) is 4.79 Å². The van der Waals surface area contributed by atoms with E-state index in [4.69, 9.17) is 0 Å². The number of rotatable bonds is 8. The fourth-order valence-corrected chi connectivity index (χ4v) is 3.23. The van der Waals surface area contributed by atoms with E-state index in [2.05, 4.69) is 48.7 Å². The van der Waals surface area contributed by atoms with Gasteiger partial charge in [0.25, 0.3) is 0 Å². The van der Waals surface area contributed by atoms with Crippen molar-refractivity contribution in [2.24, 2.45) is 5.92 Å². The second-order valence-electron chi connectivity index (χ2n) is 6.02. The predicted octanol–water partition coefficient (Wildman–Crippen LogP) is 3.92. The minimum atomic E-state index is 0.203. The summed E-state index contributed by atoms with van der Waals surface area (Å²) in [5.74, 6) is 0.976. The number of carbonyl (C=O) groups is 1. The summed E-state index contributed by atoms with van der Waals surface area (Å²) >= 11 is 0. The van der Waals surface area contributed by atoms with Gasteiger partial charge < -0.3 is 10.6 Å². The van der Waals surface area contributed by atoms with Crippen LogP contribution in [-0.4, -0.2) is 19.0 Å². The molecule has 1 aromatic carbocycles. The van der Waals surface area contributed by atoms with Gasteiger partial charge in [0.1, 0.15) is 0 Å². The van der Waals surface area contributed by atoms with Crippen LogP contribution in [0.15, 0.2) is 24.3 Å². The highest BCUT2D eigenvalue weighted by atomic mass is 16.1. The highest BCUT2D eigenvalue weighted by Gasteiger charge is 2.22. The zero-order valence-corrected chi connectivity index (χ0v) is 13.3. The molecule has 0 saturated carbocycles. The van der Waals surface area contributed by atoms with Crippen LogP contribution >= 0.6 is 0 Å². The standard InChI is InChI=1S/C18H28N2O/c1-3-7-14(8-4-2)18(21)19-12-11-15-13-20-17-10-6-5-9-16(15)17/h5-6,9-10,14-15,20H,3-4,7-8,11-13H2,1-2H3,(H,19,21). The highest BCUT2D eigenvalue weighted by molar-refractivity contribution is 5.78. The first kappa shape index (κ1) is 15.9. The molecule has 2 rings (SSSR count). The third-order valence-electron chi connectivity index (χ3n) is 4.38. The number of hydrogen-bond acceptors (Lipinski definition) is 2. The minimum Gasteiger partial charge on any atom is -0.384 e. The molecule has 1 unspecified atom stereocenters. The Morgan fingerprint density at radius 2 is 2.00 bits per heavy atom. The van der Waals surface area contributed by atoms with Gasteiger partial charge in [0.05, 0.1) is 0 Å². The lowest BCUT2D eigenvalue weighted by Gasteiger charge is -2.16. The van der Waals surface area contributed by atoms with Crippen molar-refractivity contribution in [1.82, 2.24) is 5.32 Å². The molecule has 2 N–H and O–H groups in total. The summed E-state index contributed by atoms with van der Waals surface area (Å²) in [5, 5.41) is 6.58. The number of benzene rings is 1. The van der Waals surface area contributed by atoms with Crippen LogP contribution in [0.3, 0.4) is 0 Å². The van der Waals surface area contributed by atoms with E-state index in [0.29, 0.717) is 5.92 Å². The second-order valence-corrected chi connectivity index (χ2v) is 6.02. The average Bonchev–Trinajstić information content (AvgIpc) is 2.90. The van der Waals surface area contributed by atoms with Crippen molar-refractivity contribution < 1.29 is 4.79 Å². The average molecular weight is 288 g/mol. The summed E-state index contributed by atoms with van der Waals surface area (Å²) in [4.78, 5) is 12.2. The van der Waals surface area contributed by atoms with Crippen molar-refractivity contribution >= 4 is 11.6 Å². The van der Waals surface area contributed by atoms with Gasteiger partial charge in [-0.3, -0.25) is 4.79 Å². The first-order valence-electron chi connectivity index (χ1n) is 8.36. The SMILES string of the molecule is CCCC(CCC)C(=O)NCCC1CNc2ccccc21. The van der Waals surface area contributed by atoms with Gasteiger partial charge in [-0.1, -0.05) is 44.9 Å². The van der Waals surface area contributed by atoms with Crippen LogP contribution in [0.25, 0.3) is 0 Å². The number of anilines is 1. The quantitative estimate of drug-likeness (QED) is 0.761. The molecular weight excluding hydrogens is 260 g/mol. The van der Waals surface area contributed by atoms with Gasteiger partial charge >= 0.3 is 0 Å². The van der Waals surface area contributed by atoms with Crippen LogP contribution in [0.2, 0.25) is 0 Å². The summed E-state index contributed by atoms with van der Waals surface area (Å²) in [7, 11) is 0. The predicted molar refractivity (Wildman–Crippen MR) is 88.6 cm³/mol. The first-order valence-corrected chi connectivity index (χ1v) is 8.36. The molecule has 0 bridgehead atoms. The van der Waals surface area contributed by atoms with Crippen LogP contribution in [0.5, 0.6) is 0 Å². The maximum absolute atomic E-state index is 12.2. The van der Waals surface area contributed by atoms with Gasteiger partial charge in [-0.15, -0.1) is 0 Å². The largest absolute Gasteiger partial charge is 0.384 e. The molecular formula is C18H28N2O. The van der Waals surface area contributed by atoms with E-state index >= 15 is 0 Å². The van der Waals surface area contributed by atoms with Crippen molar-refractivity contribution in [1.29, 1.82) is 0 Å². The van der Waals surface area contributed by atoms with Crippen LogP contribution in [0, 0.1) is 5.92 Å². The zero-order valence-electron chi connectivity index (χ0n) is 13.3. The van der Waals surface area contributed by atoms with E-state index in [0.717, 1.165) is 45.2 Å². The lowest BCUT2D eigenvalue weighted by molar-refractivity contribution is -0.125. The number of hydrogen-bond donors (Lipinski definition) is 2. The maximum atomic E-state index is 12.2. The molecule has 0 radical (unpaired) electrons. The van der Waals surface area contributed by atoms with E-state index in [1.54, 1.807) is 0 Å². The summed E-state index contributed by atoms with van der Waals surface area (Å²) < 4.78 is 0. The molecule has 1 aliphatic heterocycles. The van der Waals surface area contributed by atoms with E-state index in [1.807, 2.05) is 0 Å². The molecule has 3 heteroatoms. The first-order chi connectivity index (χ1) is 10.3. The second kappa shape index (κ2) is 8.06. The Bertz CT molecular complexity index is 452. The molecule has 1 heterocycles. The Morgan fingerprint density at radius 1 is 1.29 bits per heavy atom. The van der Waals surface area contributed by atoms with Crippen molar-refractivity contribution in [3.63, 3.8) is 0 Å². The van der Waals surface area contributed by atoms with Gasteiger partial charge in [-0.05, 0) is 30.9 Å². The molecule has 0 fully saturated rings. The van der Waals surface area contributed by atoms with E-state index in [1.165, 1.54) is 11.3 Å². The lowest BCUT2D eigenvalue weighted by atomic mass is 9.96. The summed E-state index contributed by atoms with van der Waals surface area (Å²) in [6.07, 6.45) is 5.19. The van der Waals surface area contributed by atoms with Gasteiger partial charge in [-0.25, -0.2) is 0 Å². The molecule has 0 aromatic heterocycles. The number of carbonyl (C=O) groups excluding carboxylic acids is 1. The Labute approximate surface area is 128 Å². The summed E-state index contributed by atoms with van der Waals surface area (Å²) in [5.41, 5.74) is 2.65. The van der Waals surface area contributed by atoms with Crippen molar-refractivity contribution in [2.75, 3.05) is 18.4 Å². The van der Waals surface area contributed by atoms with Crippen molar-refractivity contribution in [2.45, 2.75) is 51.9 Å². The van der Waals surface area contributed by atoms with Gasteiger partial charge in [0.15, 0.2) is 0 Å². The molecule has 0 saturated heterocycles. The highest BCUT2D eigenvalue weighted by Crippen LogP contribution is 2.32. The molecule has 0 spiro atoms. The fourth-order valence-electron chi connectivity index (χ4n) is 3.23. The molecule has 1 atom stereocenters. The molecule has 3 nitrogen and oxygen atoms in total. The third-order valence-corrected chi connectivity index (χ3v) is 4.38. The minimum absolute atomic E-state index is 0.203. The Balaban J connectivity index is 1.78. The number of amides is 1. The van der Waals surface area contributed by atoms with Crippen molar-refractivity contribution in [3.05, 3.63) is 29.8 Å². The van der Waals surface area contributed by atoms with Crippen LogP contribution < -0.4 is 10.6 Å². The van der Waals surface area contributed by atoms with Gasteiger partial charge in [0.2, 0.25) is 5.91 Å². The zero-order chi connectivity index (χ0) is 15.1. The Morgan fingerprint density at radius 3 is 2.71 bits per heavy atom. The Hall–Kier alpha value is -1.51. The lowest BCUT2D eigenvalue weighted by Crippen LogP contribution is -2.32. The smallest absolute Gasteiger partial charge is 0.223 e. The monoisotopic (exact) mass is 288 g/mol. The summed E-state index contributed by atoms with van der Waals surface area (Å²) in [6.45, 7) is 6.07. The molecule has 1 aliphatic rings. The van der Waals surface area contributed by atoms with E-state index in [9.17, 15) is 4.79 Å². The van der Waals surface area contributed by atoms with Gasteiger partial charge in [-0.2, -0.15) is 0 Å². The molecule has 1 aromatic rings. The number of fused-ring (bicyclic) bond motifs is 1. The number of para-hydroxylation sites is 1. The number of nitrogens with one attached hydrogen (secondary N) is 2. The fraction of sp³-hybridized carbons (Fsp3) is 0.611. The Kier molecular flexibility index (Phi) is 6.09.